The van der Waals surface area contributed by atoms with Crippen LogP contribution in [0.4, 0.5) is 0 Å². The number of nitrogens with one attached hydrogen (secondary N) is 1. The number of carbonyl (C=O) groups excluding carboxylic acids is 1. The van der Waals surface area contributed by atoms with Crippen LogP contribution in [0.25, 0.3) is 10.9 Å². The van der Waals surface area contributed by atoms with Crippen molar-refractivity contribution in [3.05, 3.63) is 42.1 Å². The third-order valence-corrected chi connectivity index (χ3v) is 4.25. The zero-order chi connectivity index (χ0) is 17.0. The van der Waals surface area contributed by atoms with Gasteiger partial charge in [-0.05, 0) is 12.1 Å². The zero-order valence-electron chi connectivity index (χ0n) is 13.9. The molecule has 1 aromatic heterocycles. The Morgan fingerprint density at radius 1 is 1.38 bits per heavy atom. The predicted molar refractivity (Wildman–Crippen MR) is 91.5 cm³/mol. The molecule has 3 rings (SSSR count). The van der Waals surface area contributed by atoms with Crippen molar-refractivity contribution in [1.82, 2.24) is 15.2 Å². The van der Waals surface area contributed by atoms with E-state index in [0.717, 1.165) is 16.6 Å². The van der Waals surface area contributed by atoms with Gasteiger partial charge in [0, 0.05) is 32.1 Å². The van der Waals surface area contributed by atoms with Crippen LogP contribution in [0.5, 0.6) is 0 Å². The molecule has 2 N–H and O–H groups in total. The van der Waals surface area contributed by atoms with Crippen LogP contribution in [0.1, 0.15) is 12.1 Å². The molecule has 0 aliphatic carbocycles. The highest BCUT2D eigenvalue weighted by molar-refractivity contribution is 5.78. The number of amides is 1. The first-order valence-corrected chi connectivity index (χ1v) is 8.16. The van der Waals surface area contributed by atoms with Crippen LogP contribution in [-0.4, -0.2) is 59.8 Å². The van der Waals surface area contributed by atoms with E-state index in [-0.39, 0.29) is 18.9 Å². The molecule has 0 radical (unpaired) electrons. The molecule has 6 heteroatoms. The SMILES string of the molecule is CNC(=O)CC1(O)COCCN(Cc2ccc3ccccc3n2)C1. The molecule has 0 spiro atoms. The van der Waals surface area contributed by atoms with E-state index >= 15 is 0 Å². The highest BCUT2D eigenvalue weighted by Crippen LogP contribution is 2.19. The van der Waals surface area contributed by atoms with E-state index in [1.54, 1.807) is 7.05 Å². The summed E-state index contributed by atoms with van der Waals surface area (Å²) in [4.78, 5) is 18.4. The van der Waals surface area contributed by atoms with Crippen molar-refractivity contribution in [2.24, 2.45) is 0 Å². The van der Waals surface area contributed by atoms with Gasteiger partial charge in [0.2, 0.25) is 5.91 Å². The van der Waals surface area contributed by atoms with Gasteiger partial charge in [-0.3, -0.25) is 14.7 Å². The van der Waals surface area contributed by atoms with E-state index in [2.05, 4.69) is 21.3 Å². The fourth-order valence-electron chi connectivity index (χ4n) is 3.05. The lowest BCUT2D eigenvalue weighted by atomic mass is 9.99. The molecule has 1 aliphatic heterocycles. The molecular formula is C18H23N3O3. The second kappa shape index (κ2) is 7.25. The van der Waals surface area contributed by atoms with Crippen molar-refractivity contribution in [3.63, 3.8) is 0 Å². The maximum Gasteiger partial charge on any atom is 0.222 e. The Labute approximate surface area is 141 Å². The van der Waals surface area contributed by atoms with Crippen LogP contribution in [0.2, 0.25) is 0 Å². The van der Waals surface area contributed by atoms with Gasteiger partial charge < -0.3 is 15.2 Å². The van der Waals surface area contributed by atoms with Crippen molar-refractivity contribution in [2.45, 2.75) is 18.6 Å². The average molecular weight is 329 g/mol. The Morgan fingerprint density at radius 2 is 2.21 bits per heavy atom. The summed E-state index contributed by atoms with van der Waals surface area (Å²) in [6.07, 6.45) is 0.0329. The molecule has 1 atom stereocenters. The third-order valence-electron chi connectivity index (χ3n) is 4.25. The van der Waals surface area contributed by atoms with Gasteiger partial charge in [0.15, 0.2) is 0 Å². The van der Waals surface area contributed by atoms with Crippen LogP contribution in [0, 0.1) is 0 Å². The molecular weight excluding hydrogens is 306 g/mol. The summed E-state index contributed by atoms with van der Waals surface area (Å²) >= 11 is 0. The summed E-state index contributed by atoms with van der Waals surface area (Å²) in [5, 5.41) is 14.4. The van der Waals surface area contributed by atoms with Gasteiger partial charge >= 0.3 is 0 Å². The molecule has 128 valence electrons. The number of fused-ring (bicyclic) bond motifs is 1. The van der Waals surface area contributed by atoms with Crippen LogP contribution in [0.3, 0.4) is 0 Å². The minimum Gasteiger partial charge on any atom is -0.386 e. The number of hydrogen-bond acceptors (Lipinski definition) is 5. The summed E-state index contributed by atoms with van der Waals surface area (Å²) in [6, 6.07) is 12.1. The van der Waals surface area contributed by atoms with E-state index in [1.165, 1.54) is 0 Å². The summed E-state index contributed by atoms with van der Waals surface area (Å²) in [7, 11) is 1.57. The molecule has 1 amide bonds. The van der Waals surface area contributed by atoms with Gasteiger partial charge in [0.25, 0.3) is 0 Å². The van der Waals surface area contributed by atoms with E-state index in [1.807, 2.05) is 30.3 Å². The molecule has 1 aromatic carbocycles. The minimum atomic E-state index is -1.17. The predicted octanol–water partition coefficient (Wildman–Crippen LogP) is 0.934. The number of rotatable bonds is 4. The number of hydrogen-bond donors (Lipinski definition) is 2. The van der Waals surface area contributed by atoms with Gasteiger partial charge in [-0.25, -0.2) is 0 Å². The topological polar surface area (TPSA) is 74.7 Å². The van der Waals surface area contributed by atoms with E-state index in [0.29, 0.717) is 26.2 Å². The number of benzene rings is 1. The summed E-state index contributed by atoms with van der Waals surface area (Å²) in [6.45, 7) is 2.40. The first-order chi connectivity index (χ1) is 11.6. The Morgan fingerprint density at radius 3 is 3.04 bits per heavy atom. The Bertz CT molecular complexity index is 721. The van der Waals surface area contributed by atoms with Gasteiger partial charge in [0.05, 0.1) is 30.8 Å². The smallest absolute Gasteiger partial charge is 0.222 e. The molecule has 0 saturated carbocycles. The molecule has 1 unspecified atom stereocenters. The van der Waals surface area contributed by atoms with Crippen molar-refractivity contribution < 1.29 is 14.6 Å². The van der Waals surface area contributed by atoms with Crippen molar-refractivity contribution >= 4 is 16.8 Å². The van der Waals surface area contributed by atoms with Crippen LogP contribution < -0.4 is 5.32 Å². The largest absolute Gasteiger partial charge is 0.386 e. The first-order valence-electron chi connectivity index (χ1n) is 8.16. The monoisotopic (exact) mass is 329 g/mol. The lowest BCUT2D eigenvalue weighted by molar-refractivity contribution is -0.128. The zero-order valence-corrected chi connectivity index (χ0v) is 13.9. The van der Waals surface area contributed by atoms with Crippen molar-refractivity contribution in [3.8, 4) is 0 Å². The van der Waals surface area contributed by atoms with Crippen LogP contribution in [0.15, 0.2) is 36.4 Å². The lowest BCUT2D eigenvalue weighted by Gasteiger charge is -2.30. The highest BCUT2D eigenvalue weighted by Gasteiger charge is 2.34. The van der Waals surface area contributed by atoms with Crippen molar-refractivity contribution in [2.75, 3.05) is 33.4 Å². The van der Waals surface area contributed by atoms with Crippen LogP contribution >= 0.6 is 0 Å². The lowest BCUT2D eigenvalue weighted by Crippen LogP contribution is -2.47. The van der Waals surface area contributed by atoms with E-state index in [4.69, 9.17) is 4.74 Å². The number of ether oxygens (including phenoxy) is 1. The van der Waals surface area contributed by atoms with Crippen molar-refractivity contribution in [1.29, 1.82) is 0 Å². The third kappa shape index (κ3) is 4.08. The molecule has 1 aliphatic rings. The quantitative estimate of drug-likeness (QED) is 0.873. The molecule has 1 fully saturated rings. The molecule has 2 heterocycles. The molecule has 0 bridgehead atoms. The second-order valence-corrected chi connectivity index (χ2v) is 6.33. The number of carbonyl (C=O) groups is 1. The number of β-amino-alcohol motifs (C(OH)–C–C–N with tert-alkyl or cyclic N) is 1. The number of aliphatic hydroxyl groups is 1. The number of para-hydroxylation sites is 1. The Balaban J connectivity index is 1.73. The summed E-state index contributed by atoms with van der Waals surface area (Å²) in [5.41, 5.74) is 0.729. The standard InChI is InChI=1S/C18H23N3O3/c1-19-17(22)10-18(23)12-21(8-9-24-13-18)11-15-7-6-14-4-2-3-5-16(14)20-15/h2-7,23H,8-13H2,1H3,(H,19,22). The Kier molecular flexibility index (Phi) is 5.08. The fourth-order valence-corrected chi connectivity index (χ4v) is 3.05. The van der Waals surface area contributed by atoms with E-state index < -0.39 is 5.60 Å². The molecule has 24 heavy (non-hydrogen) atoms. The maximum atomic E-state index is 11.7. The van der Waals surface area contributed by atoms with E-state index in [9.17, 15) is 9.90 Å². The molecule has 6 nitrogen and oxygen atoms in total. The van der Waals surface area contributed by atoms with Crippen LogP contribution in [-0.2, 0) is 16.1 Å². The number of aromatic nitrogens is 1. The Hall–Kier alpha value is -2.02. The van der Waals surface area contributed by atoms with Gasteiger partial charge in [0.1, 0.15) is 5.60 Å². The normalized spacial score (nSPS) is 22.2. The highest BCUT2D eigenvalue weighted by atomic mass is 16.5. The second-order valence-electron chi connectivity index (χ2n) is 6.33. The van der Waals surface area contributed by atoms with Gasteiger partial charge in [-0.1, -0.05) is 24.3 Å². The molecule has 2 aromatic rings. The van der Waals surface area contributed by atoms with Gasteiger partial charge in [-0.2, -0.15) is 0 Å². The van der Waals surface area contributed by atoms with Gasteiger partial charge in [-0.15, -0.1) is 0 Å². The minimum absolute atomic E-state index is 0.0329. The average Bonchev–Trinajstić information content (AvgIpc) is 2.76. The number of pyridine rings is 1. The molecule has 1 saturated heterocycles. The maximum absolute atomic E-state index is 11.7. The summed E-state index contributed by atoms with van der Waals surface area (Å²) in [5.74, 6) is -0.188. The fraction of sp³-hybridized carbons (Fsp3) is 0.444. The number of nitrogens with zero attached hydrogens (tertiary/aromatic N) is 2. The first kappa shape index (κ1) is 16.8. The summed E-state index contributed by atoms with van der Waals surface area (Å²) < 4.78 is 5.50.